The van der Waals surface area contributed by atoms with E-state index in [9.17, 15) is 13.2 Å². The van der Waals surface area contributed by atoms with Gasteiger partial charge >= 0.3 is 0 Å². The van der Waals surface area contributed by atoms with Crippen LogP contribution >= 0.6 is 22.9 Å². The van der Waals surface area contributed by atoms with Crippen LogP contribution in [0.3, 0.4) is 0 Å². The monoisotopic (exact) mass is 474 g/mol. The quantitative estimate of drug-likeness (QED) is 0.442. The predicted octanol–water partition coefficient (Wildman–Crippen LogP) is 4.55. The van der Waals surface area contributed by atoms with E-state index in [1.165, 1.54) is 16.0 Å². The molecular weight excluding hydrogens is 456 g/mol. The van der Waals surface area contributed by atoms with Gasteiger partial charge in [-0.1, -0.05) is 46.7 Å². The number of hydrogen-bond donors (Lipinski definition) is 1. The van der Waals surface area contributed by atoms with Gasteiger partial charge in [0.1, 0.15) is 11.3 Å². The maximum Gasteiger partial charge on any atom is 0.226 e. The Bertz CT molecular complexity index is 1380. The topological polar surface area (TPSA) is 94.0 Å². The van der Waals surface area contributed by atoms with Crippen LogP contribution in [0.5, 0.6) is 0 Å². The number of halogens is 1. The van der Waals surface area contributed by atoms with E-state index in [4.69, 9.17) is 11.6 Å². The summed E-state index contributed by atoms with van der Waals surface area (Å²) in [5.74, 6) is -0.285. The van der Waals surface area contributed by atoms with Gasteiger partial charge in [0.2, 0.25) is 11.0 Å². The van der Waals surface area contributed by atoms with Crippen molar-refractivity contribution in [3.63, 3.8) is 0 Å². The normalized spacial score (nSPS) is 11.7. The Kier molecular flexibility index (Phi) is 5.83. The van der Waals surface area contributed by atoms with E-state index in [-0.39, 0.29) is 17.1 Å². The highest BCUT2D eigenvalue weighted by molar-refractivity contribution is 7.91. The zero-order chi connectivity index (χ0) is 22.2. The van der Waals surface area contributed by atoms with E-state index in [0.29, 0.717) is 27.2 Å². The Morgan fingerprint density at radius 2 is 1.90 bits per heavy atom. The number of fused-ring (bicyclic) bond motifs is 1. The van der Waals surface area contributed by atoms with Crippen molar-refractivity contribution < 1.29 is 13.2 Å². The van der Waals surface area contributed by atoms with Crippen LogP contribution in [0.2, 0.25) is 5.02 Å². The summed E-state index contributed by atoms with van der Waals surface area (Å²) in [7, 11) is -3.55. The third-order valence-corrected chi connectivity index (χ3v) is 7.65. The first-order valence-corrected chi connectivity index (χ1v) is 12.3. The number of aromatic nitrogens is 3. The summed E-state index contributed by atoms with van der Waals surface area (Å²) in [5.41, 5.74) is 2.32. The number of nitrogens with one attached hydrogen (secondary N) is 1. The van der Waals surface area contributed by atoms with Crippen molar-refractivity contribution in [2.75, 3.05) is 11.1 Å². The molecule has 0 unspecified atom stereocenters. The van der Waals surface area contributed by atoms with E-state index in [1.54, 1.807) is 43.3 Å². The minimum atomic E-state index is -3.55. The Morgan fingerprint density at radius 1 is 1.16 bits per heavy atom. The fourth-order valence-electron chi connectivity index (χ4n) is 3.02. The summed E-state index contributed by atoms with van der Waals surface area (Å²) >= 11 is 7.61. The number of thiazole rings is 1. The fraction of sp³-hybridized carbons (Fsp3) is 0.190. The lowest BCUT2D eigenvalue weighted by Crippen LogP contribution is -2.19. The van der Waals surface area contributed by atoms with Crippen molar-refractivity contribution >= 4 is 54.7 Å². The molecule has 2 aromatic heterocycles. The number of carbonyl (C=O) groups is 1. The molecule has 7 nitrogen and oxygen atoms in total. The summed E-state index contributed by atoms with van der Waals surface area (Å²) in [6.45, 7) is 3.68. The Morgan fingerprint density at radius 3 is 2.61 bits per heavy atom. The summed E-state index contributed by atoms with van der Waals surface area (Å²) in [5, 5.41) is 8.26. The molecular formula is C21H19ClN4O3S2. The highest BCUT2D eigenvalue weighted by Crippen LogP contribution is 2.31. The number of amides is 1. The first kappa shape index (κ1) is 21.5. The van der Waals surface area contributed by atoms with Crippen molar-refractivity contribution in [3.8, 4) is 5.13 Å². The number of rotatable bonds is 6. The second kappa shape index (κ2) is 8.41. The number of para-hydroxylation sites is 1. The van der Waals surface area contributed by atoms with E-state index in [0.717, 1.165) is 10.3 Å². The minimum Gasteiger partial charge on any atom is -0.310 e. The third-order valence-electron chi connectivity index (χ3n) is 4.62. The number of hydrogen-bond acceptors (Lipinski definition) is 6. The van der Waals surface area contributed by atoms with Gasteiger partial charge in [-0.15, -0.1) is 0 Å². The number of anilines is 1. The van der Waals surface area contributed by atoms with Crippen LogP contribution in [0, 0.1) is 13.8 Å². The minimum absolute atomic E-state index is 0.174. The molecule has 0 spiro atoms. The van der Waals surface area contributed by atoms with Crippen LogP contribution in [-0.4, -0.2) is 34.8 Å². The van der Waals surface area contributed by atoms with Crippen molar-refractivity contribution in [2.45, 2.75) is 25.2 Å². The first-order chi connectivity index (χ1) is 14.7. The molecule has 31 heavy (non-hydrogen) atoms. The first-order valence-electron chi connectivity index (χ1n) is 9.44. The molecule has 4 rings (SSSR count). The van der Waals surface area contributed by atoms with Crippen LogP contribution in [0.4, 0.5) is 5.82 Å². The van der Waals surface area contributed by atoms with Crippen LogP contribution in [0.1, 0.15) is 17.7 Å². The van der Waals surface area contributed by atoms with Gasteiger partial charge in [0.05, 0.1) is 26.1 Å². The number of aryl methyl sites for hydroxylation is 2. The van der Waals surface area contributed by atoms with Crippen LogP contribution in [0.25, 0.3) is 15.3 Å². The average Bonchev–Trinajstić information content (AvgIpc) is 3.31. The van der Waals surface area contributed by atoms with Crippen molar-refractivity contribution in [1.82, 2.24) is 14.8 Å². The Hall–Kier alpha value is -2.75. The van der Waals surface area contributed by atoms with Crippen molar-refractivity contribution in [3.05, 3.63) is 64.8 Å². The molecule has 0 aliphatic carbocycles. The zero-order valence-electron chi connectivity index (χ0n) is 16.8. The molecule has 0 bridgehead atoms. The number of carbonyl (C=O) groups excluding carboxylic acids is 1. The zero-order valence-corrected chi connectivity index (χ0v) is 19.2. The molecule has 0 aliphatic heterocycles. The highest BCUT2D eigenvalue weighted by atomic mass is 35.5. The van der Waals surface area contributed by atoms with Gasteiger partial charge in [-0.3, -0.25) is 4.79 Å². The fourth-order valence-corrected chi connectivity index (χ4v) is 5.50. The van der Waals surface area contributed by atoms with E-state index >= 15 is 0 Å². The molecule has 1 amide bonds. The molecule has 2 aromatic carbocycles. The highest BCUT2D eigenvalue weighted by Gasteiger charge is 2.19. The summed E-state index contributed by atoms with van der Waals surface area (Å²) < 4.78 is 27.4. The predicted molar refractivity (Wildman–Crippen MR) is 123 cm³/mol. The lowest BCUT2D eigenvalue weighted by molar-refractivity contribution is -0.115. The molecule has 0 atom stereocenters. The maximum absolute atomic E-state index is 12.5. The van der Waals surface area contributed by atoms with Crippen LogP contribution < -0.4 is 5.32 Å². The molecule has 160 valence electrons. The molecule has 0 fully saturated rings. The Labute approximate surface area is 188 Å². The van der Waals surface area contributed by atoms with Crippen LogP contribution in [-0.2, 0) is 14.6 Å². The number of sulfone groups is 1. The van der Waals surface area contributed by atoms with Gasteiger partial charge in [0.25, 0.3) is 0 Å². The van der Waals surface area contributed by atoms with E-state index in [1.807, 2.05) is 19.1 Å². The molecule has 0 aliphatic rings. The smallest absolute Gasteiger partial charge is 0.226 e. The lowest BCUT2D eigenvalue weighted by atomic mass is 10.2. The molecule has 0 radical (unpaired) electrons. The summed E-state index contributed by atoms with van der Waals surface area (Å²) in [6.07, 6.45) is -0.174. The standard InChI is InChI=1S/C21H19ClN4O3S2/c1-13-6-8-15(9-7-13)31(28,29)11-10-19(27)23-18-12-14(2)25-26(18)21-24-20-16(22)4-3-5-17(20)30-21/h3-9,12H,10-11H2,1-2H3,(H,23,27). The third kappa shape index (κ3) is 4.63. The number of nitrogens with zero attached hydrogens (tertiary/aromatic N) is 3. The van der Waals surface area contributed by atoms with Gasteiger partial charge in [0, 0.05) is 12.5 Å². The van der Waals surface area contributed by atoms with Crippen molar-refractivity contribution in [2.24, 2.45) is 0 Å². The largest absolute Gasteiger partial charge is 0.310 e. The Balaban J connectivity index is 1.51. The average molecular weight is 475 g/mol. The SMILES string of the molecule is Cc1ccc(S(=O)(=O)CCC(=O)Nc2cc(C)nn2-c2nc3c(Cl)cccc3s2)cc1. The van der Waals surface area contributed by atoms with Gasteiger partial charge in [-0.05, 0) is 38.1 Å². The van der Waals surface area contributed by atoms with E-state index < -0.39 is 15.7 Å². The summed E-state index contributed by atoms with van der Waals surface area (Å²) in [6, 6.07) is 13.8. The van der Waals surface area contributed by atoms with Crippen LogP contribution in [0.15, 0.2) is 53.4 Å². The maximum atomic E-state index is 12.5. The lowest BCUT2D eigenvalue weighted by Gasteiger charge is -2.07. The van der Waals surface area contributed by atoms with Gasteiger partial charge < -0.3 is 5.32 Å². The number of benzene rings is 2. The van der Waals surface area contributed by atoms with Gasteiger partial charge in [-0.2, -0.15) is 9.78 Å². The molecule has 0 saturated carbocycles. The van der Waals surface area contributed by atoms with Crippen molar-refractivity contribution in [1.29, 1.82) is 0 Å². The van der Waals surface area contributed by atoms with E-state index in [2.05, 4.69) is 15.4 Å². The molecule has 4 aromatic rings. The molecule has 2 heterocycles. The van der Waals surface area contributed by atoms with Gasteiger partial charge in [-0.25, -0.2) is 13.4 Å². The second-order valence-electron chi connectivity index (χ2n) is 7.10. The molecule has 1 N–H and O–H groups in total. The summed E-state index contributed by atoms with van der Waals surface area (Å²) in [4.78, 5) is 17.3. The molecule has 10 heteroatoms. The second-order valence-corrected chi connectivity index (χ2v) is 10.6. The molecule has 0 saturated heterocycles. The van der Waals surface area contributed by atoms with Gasteiger partial charge in [0.15, 0.2) is 9.84 Å².